The van der Waals surface area contributed by atoms with Crippen molar-refractivity contribution in [3.63, 3.8) is 0 Å². The number of aryl methyl sites for hydroxylation is 1. The van der Waals surface area contributed by atoms with E-state index < -0.39 is 11.8 Å². The number of halogens is 3. The number of carbonyl (C=O) groups excluding carboxylic acids is 2. The summed E-state index contributed by atoms with van der Waals surface area (Å²) in [5, 5.41) is 0.463. The van der Waals surface area contributed by atoms with Crippen LogP contribution in [0.15, 0.2) is 42.0 Å². The summed E-state index contributed by atoms with van der Waals surface area (Å²) in [5.41, 5.74) is 7.60. The van der Waals surface area contributed by atoms with Crippen molar-refractivity contribution >= 4 is 46.6 Å². The van der Waals surface area contributed by atoms with E-state index in [0.717, 1.165) is 16.7 Å². The minimum Gasteiger partial charge on any atom is -0.267 e. The Morgan fingerprint density at radius 2 is 1.61 bits per heavy atom. The van der Waals surface area contributed by atoms with Gasteiger partial charge in [-0.3, -0.25) is 20.4 Å². The molecule has 0 aliphatic heterocycles. The van der Waals surface area contributed by atoms with E-state index in [4.69, 9.17) is 34.8 Å². The van der Waals surface area contributed by atoms with Gasteiger partial charge in [-0.05, 0) is 56.2 Å². The topological polar surface area (TPSA) is 58.2 Å². The molecule has 0 aliphatic carbocycles. The average Bonchev–Trinajstić information content (AvgIpc) is 2.64. The van der Waals surface area contributed by atoms with Crippen molar-refractivity contribution in [2.75, 3.05) is 0 Å². The minimum absolute atomic E-state index is 0.0188. The van der Waals surface area contributed by atoms with Crippen molar-refractivity contribution in [3.05, 3.63) is 79.3 Å². The number of benzene rings is 2. The van der Waals surface area contributed by atoms with Crippen LogP contribution in [0.25, 0.3) is 0 Å². The lowest BCUT2D eigenvalue weighted by molar-refractivity contribution is 0.0847. The highest BCUT2D eigenvalue weighted by Gasteiger charge is 2.17. The Labute approximate surface area is 178 Å². The number of amides is 2. The van der Waals surface area contributed by atoms with E-state index in [1.807, 2.05) is 26.8 Å². The lowest BCUT2D eigenvalue weighted by atomic mass is 10.0. The van der Waals surface area contributed by atoms with Crippen LogP contribution in [0.1, 0.15) is 45.7 Å². The number of hydrazine groups is 1. The minimum atomic E-state index is -0.657. The van der Waals surface area contributed by atoms with Gasteiger partial charge in [-0.1, -0.05) is 58.8 Å². The summed E-state index contributed by atoms with van der Waals surface area (Å²) >= 11 is 17.9. The zero-order valence-electron chi connectivity index (χ0n) is 15.4. The summed E-state index contributed by atoms with van der Waals surface area (Å²) in [6, 6.07) is 7.88. The number of nitrogens with one attached hydrogen (secondary N) is 2. The molecule has 0 spiro atoms. The van der Waals surface area contributed by atoms with Crippen molar-refractivity contribution in [3.8, 4) is 11.8 Å². The van der Waals surface area contributed by atoms with Gasteiger partial charge in [0.2, 0.25) is 0 Å². The Kier molecular flexibility index (Phi) is 7.53. The van der Waals surface area contributed by atoms with Crippen LogP contribution in [-0.4, -0.2) is 11.8 Å². The quantitative estimate of drug-likeness (QED) is 0.493. The predicted octanol–water partition coefficient (Wildman–Crippen LogP) is 5.35. The molecule has 0 aliphatic rings. The molecular formula is C21H17Cl3N2O2. The first kappa shape index (κ1) is 21.8. The van der Waals surface area contributed by atoms with Gasteiger partial charge in [-0.15, -0.1) is 0 Å². The Bertz CT molecular complexity index is 1010. The zero-order valence-corrected chi connectivity index (χ0v) is 17.7. The Balaban J connectivity index is 2.15. The van der Waals surface area contributed by atoms with E-state index >= 15 is 0 Å². The number of carbonyl (C=O) groups is 2. The van der Waals surface area contributed by atoms with E-state index in [0.29, 0.717) is 10.6 Å². The molecule has 0 aromatic heterocycles. The molecule has 2 N–H and O–H groups in total. The largest absolute Gasteiger partial charge is 0.272 e. The summed E-state index contributed by atoms with van der Waals surface area (Å²) < 4.78 is 0. The predicted molar refractivity (Wildman–Crippen MR) is 114 cm³/mol. The summed E-state index contributed by atoms with van der Waals surface area (Å²) in [6.45, 7) is 5.72. The lowest BCUT2D eigenvalue weighted by Crippen LogP contribution is -2.41. The summed E-state index contributed by atoms with van der Waals surface area (Å²) in [7, 11) is 0. The molecule has 144 valence electrons. The maximum atomic E-state index is 12.4. The third-order valence-electron chi connectivity index (χ3n) is 3.85. The molecule has 0 saturated heterocycles. The first-order valence-electron chi connectivity index (χ1n) is 8.23. The highest BCUT2D eigenvalue weighted by Crippen LogP contribution is 2.28. The molecule has 2 aromatic rings. The third kappa shape index (κ3) is 5.53. The van der Waals surface area contributed by atoms with Gasteiger partial charge in [0.15, 0.2) is 0 Å². The fraction of sp³-hybridized carbons (Fsp3) is 0.143. The van der Waals surface area contributed by atoms with Crippen molar-refractivity contribution in [2.24, 2.45) is 0 Å². The van der Waals surface area contributed by atoms with Crippen molar-refractivity contribution in [2.45, 2.75) is 20.8 Å². The Hall–Kier alpha value is -2.45. The van der Waals surface area contributed by atoms with Crippen molar-refractivity contribution < 1.29 is 9.59 Å². The normalized spacial score (nSPS) is 10.7. The highest BCUT2D eigenvalue weighted by atomic mass is 35.5. The Morgan fingerprint density at radius 1 is 1.00 bits per heavy atom. The maximum Gasteiger partial charge on any atom is 0.272 e. The van der Waals surface area contributed by atoms with Crippen molar-refractivity contribution in [1.82, 2.24) is 10.9 Å². The fourth-order valence-corrected chi connectivity index (χ4v) is 3.13. The van der Waals surface area contributed by atoms with Gasteiger partial charge in [0, 0.05) is 16.1 Å². The number of hydrogen-bond acceptors (Lipinski definition) is 2. The molecule has 28 heavy (non-hydrogen) atoms. The van der Waals surface area contributed by atoms with Crippen LogP contribution in [0, 0.1) is 18.8 Å². The average molecular weight is 436 g/mol. The highest BCUT2D eigenvalue weighted by molar-refractivity contribution is 6.42. The molecule has 0 radical (unpaired) electrons. The molecule has 0 saturated carbocycles. The number of allylic oxidation sites excluding steroid dienone is 2. The molecule has 0 fully saturated rings. The van der Waals surface area contributed by atoms with E-state index in [1.54, 1.807) is 18.2 Å². The van der Waals surface area contributed by atoms with Crippen LogP contribution < -0.4 is 10.9 Å². The van der Waals surface area contributed by atoms with Gasteiger partial charge in [0.1, 0.15) is 0 Å². The second kappa shape index (κ2) is 9.66. The molecule has 2 aromatic carbocycles. The first-order valence-corrected chi connectivity index (χ1v) is 9.37. The van der Waals surface area contributed by atoms with Crippen LogP contribution in [0.4, 0.5) is 0 Å². The molecular weight excluding hydrogens is 419 g/mol. The lowest BCUT2D eigenvalue weighted by Gasteiger charge is -2.11. The van der Waals surface area contributed by atoms with E-state index in [9.17, 15) is 9.59 Å². The van der Waals surface area contributed by atoms with Crippen LogP contribution in [0.3, 0.4) is 0 Å². The first-order chi connectivity index (χ1) is 13.2. The molecule has 2 rings (SSSR count). The van der Waals surface area contributed by atoms with Gasteiger partial charge in [-0.25, -0.2) is 0 Å². The van der Waals surface area contributed by atoms with E-state index in [1.165, 1.54) is 12.1 Å². The fourth-order valence-electron chi connectivity index (χ4n) is 2.14. The Morgan fingerprint density at radius 3 is 2.21 bits per heavy atom. The molecule has 0 unspecified atom stereocenters. The standard InChI is InChI=1S/C21H17Cl3N2O2/c1-4-12(2)5-7-14-9-15(8-6-13(14)3)20(27)25-26-21(28)19-17(23)10-16(22)11-18(19)24/h4,6,8-11H,1-3H3,(H,25,27)(H,26,28). The zero-order chi connectivity index (χ0) is 20.8. The maximum absolute atomic E-state index is 12.4. The molecule has 0 bridgehead atoms. The molecule has 7 heteroatoms. The molecule has 4 nitrogen and oxygen atoms in total. The summed E-state index contributed by atoms with van der Waals surface area (Å²) in [4.78, 5) is 24.7. The van der Waals surface area contributed by atoms with E-state index in [-0.39, 0.29) is 15.6 Å². The van der Waals surface area contributed by atoms with Crippen LogP contribution in [-0.2, 0) is 0 Å². The second-order valence-electron chi connectivity index (χ2n) is 5.90. The van der Waals surface area contributed by atoms with Gasteiger partial charge < -0.3 is 0 Å². The van der Waals surface area contributed by atoms with Crippen LogP contribution in [0.5, 0.6) is 0 Å². The van der Waals surface area contributed by atoms with Gasteiger partial charge in [0.05, 0.1) is 15.6 Å². The number of hydrogen-bond donors (Lipinski definition) is 2. The second-order valence-corrected chi connectivity index (χ2v) is 7.15. The molecule has 2 amide bonds. The van der Waals surface area contributed by atoms with Crippen LogP contribution in [0.2, 0.25) is 15.1 Å². The summed E-state index contributed by atoms with van der Waals surface area (Å²) in [6.07, 6.45) is 1.90. The molecule has 0 heterocycles. The smallest absolute Gasteiger partial charge is 0.267 e. The number of rotatable bonds is 2. The monoisotopic (exact) mass is 434 g/mol. The van der Waals surface area contributed by atoms with Gasteiger partial charge in [0.25, 0.3) is 11.8 Å². The van der Waals surface area contributed by atoms with Crippen LogP contribution >= 0.6 is 34.8 Å². The third-order valence-corrected chi connectivity index (χ3v) is 4.67. The SMILES string of the molecule is CC=C(C)C#Cc1cc(C(=O)NNC(=O)c2c(Cl)cc(Cl)cc2Cl)ccc1C. The van der Waals surface area contributed by atoms with Crippen molar-refractivity contribution in [1.29, 1.82) is 0 Å². The molecule has 0 atom stereocenters. The van der Waals surface area contributed by atoms with Gasteiger partial charge >= 0.3 is 0 Å². The van der Waals surface area contributed by atoms with Gasteiger partial charge in [-0.2, -0.15) is 0 Å². The van der Waals surface area contributed by atoms with E-state index in [2.05, 4.69) is 22.7 Å². The summed E-state index contributed by atoms with van der Waals surface area (Å²) in [5.74, 6) is 4.89.